The van der Waals surface area contributed by atoms with Gasteiger partial charge in [0.25, 0.3) is 0 Å². The summed E-state index contributed by atoms with van der Waals surface area (Å²) in [7, 11) is 0. The highest BCUT2D eigenvalue weighted by atomic mass is 19.1. The molecule has 1 N–H and O–H groups in total. The summed E-state index contributed by atoms with van der Waals surface area (Å²) in [5.41, 5.74) is 1.62. The van der Waals surface area contributed by atoms with Crippen molar-refractivity contribution in [3.05, 3.63) is 89.8 Å². The van der Waals surface area contributed by atoms with E-state index in [4.69, 9.17) is 0 Å². The van der Waals surface area contributed by atoms with Crippen LogP contribution in [0.2, 0.25) is 0 Å². The van der Waals surface area contributed by atoms with Crippen molar-refractivity contribution in [3.63, 3.8) is 0 Å². The van der Waals surface area contributed by atoms with Gasteiger partial charge in [0.15, 0.2) is 0 Å². The van der Waals surface area contributed by atoms with E-state index < -0.39 is 0 Å². The molecular formula is C24H26FN3O. The van der Waals surface area contributed by atoms with Crippen LogP contribution in [0.25, 0.3) is 0 Å². The third kappa shape index (κ3) is 4.56. The summed E-state index contributed by atoms with van der Waals surface area (Å²) < 4.78 is 16.6. The number of carbonyl (C=O) groups is 1. The van der Waals surface area contributed by atoms with Crippen LogP contribution in [0, 0.1) is 18.2 Å². The first kappa shape index (κ1) is 19.4. The Kier molecular flexibility index (Phi) is 5.47. The minimum Gasteiger partial charge on any atom is -0.355 e. The maximum atomic E-state index is 14.5. The number of imidazole rings is 1. The van der Waals surface area contributed by atoms with E-state index in [0.717, 1.165) is 30.8 Å². The first-order valence-electron chi connectivity index (χ1n) is 10.1. The monoisotopic (exact) mass is 391 g/mol. The number of halogens is 1. The van der Waals surface area contributed by atoms with E-state index in [9.17, 15) is 9.18 Å². The molecule has 29 heavy (non-hydrogen) atoms. The molecule has 150 valence electrons. The van der Waals surface area contributed by atoms with Crippen molar-refractivity contribution in [3.8, 4) is 0 Å². The van der Waals surface area contributed by atoms with Crippen molar-refractivity contribution in [2.45, 2.75) is 38.6 Å². The molecule has 1 aliphatic carbocycles. The van der Waals surface area contributed by atoms with Crippen molar-refractivity contribution in [1.29, 1.82) is 0 Å². The Morgan fingerprint density at radius 3 is 2.55 bits per heavy atom. The fourth-order valence-corrected chi connectivity index (χ4v) is 3.89. The van der Waals surface area contributed by atoms with Crippen LogP contribution in [0.15, 0.2) is 67.0 Å². The lowest BCUT2D eigenvalue weighted by atomic mass is 9.88. The molecule has 0 spiro atoms. The predicted molar refractivity (Wildman–Crippen MR) is 111 cm³/mol. The normalized spacial score (nSPS) is 15.7. The number of nitrogens with one attached hydrogen (secondary N) is 1. The van der Waals surface area contributed by atoms with Gasteiger partial charge in [0.05, 0.1) is 0 Å². The molecule has 0 bridgehead atoms. The van der Waals surface area contributed by atoms with Gasteiger partial charge in [-0.15, -0.1) is 0 Å². The Bertz CT molecular complexity index is 979. The Balaban J connectivity index is 1.44. The second kappa shape index (κ2) is 8.19. The quantitative estimate of drug-likeness (QED) is 0.617. The van der Waals surface area contributed by atoms with Crippen LogP contribution in [0.5, 0.6) is 0 Å². The van der Waals surface area contributed by atoms with Gasteiger partial charge < -0.3 is 9.88 Å². The van der Waals surface area contributed by atoms with Gasteiger partial charge in [0.1, 0.15) is 11.6 Å². The molecule has 1 heterocycles. The molecule has 4 nitrogen and oxygen atoms in total. The third-order valence-electron chi connectivity index (χ3n) is 5.92. The highest BCUT2D eigenvalue weighted by Crippen LogP contribution is 2.46. The Morgan fingerprint density at radius 1 is 1.17 bits per heavy atom. The van der Waals surface area contributed by atoms with E-state index in [1.54, 1.807) is 12.1 Å². The van der Waals surface area contributed by atoms with Crippen LogP contribution in [0.4, 0.5) is 4.39 Å². The number of nitrogens with zero attached hydrogens (tertiary/aromatic N) is 2. The molecule has 0 aliphatic heterocycles. The van der Waals surface area contributed by atoms with Gasteiger partial charge in [0.2, 0.25) is 5.91 Å². The number of carbonyl (C=O) groups excluding carboxylic acids is 1. The minimum atomic E-state index is -0.302. The van der Waals surface area contributed by atoms with E-state index >= 15 is 0 Å². The number of aromatic nitrogens is 2. The molecule has 0 saturated heterocycles. The number of rotatable bonds is 8. The van der Waals surface area contributed by atoms with Crippen molar-refractivity contribution in [1.82, 2.24) is 14.9 Å². The number of benzene rings is 2. The Morgan fingerprint density at radius 2 is 1.90 bits per heavy atom. The molecular weight excluding hydrogens is 365 g/mol. The molecule has 1 fully saturated rings. The lowest BCUT2D eigenvalue weighted by Crippen LogP contribution is -2.33. The van der Waals surface area contributed by atoms with Gasteiger partial charge in [-0.1, -0.05) is 48.5 Å². The number of hydrogen-bond donors (Lipinski definition) is 1. The maximum absolute atomic E-state index is 14.5. The topological polar surface area (TPSA) is 46.9 Å². The SMILES string of the molecule is Cc1nccn1CC1(CNC(=O)CC(c2ccccc2)c2ccccc2F)CC1. The number of amides is 1. The molecule has 1 unspecified atom stereocenters. The van der Waals surface area contributed by atoms with Crippen LogP contribution >= 0.6 is 0 Å². The summed E-state index contributed by atoms with van der Waals surface area (Å²) in [4.78, 5) is 17.1. The van der Waals surface area contributed by atoms with Gasteiger partial charge in [-0.2, -0.15) is 0 Å². The zero-order chi connectivity index (χ0) is 20.3. The van der Waals surface area contributed by atoms with Crippen molar-refractivity contribution in [2.75, 3.05) is 6.54 Å². The van der Waals surface area contributed by atoms with E-state index in [1.807, 2.05) is 55.7 Å². The second-order valence-corrected chi connectivity index (χ2v) is 8.07. The van der Waals surface area contributed by atoms with Gasteiger partial charge in [-0.3, -0.25) is 4.79 Å². The van der Waals surface area contributed by atoms with Crippen molar-refractivity contribution in [2.24, 2.45) is 5.41 Å². The lowest BCUT2D eigenvalue weighted by molar-refractivity contribution is -0.121. The Labute approximate surface area is 170 Å². The summed E-state index contributed by atoms with van der Waals surface area (Å²) in [5, 5.41) is 3.11. The largest absolute Gasteiger partial charge is 0.355 e. The van der Waals surface area contributed by atoms with Crippen molar-refractivity contribution >= 4 is 5.91 Å². The van der Waals surface area contributed by atoms with Crippen molar-refractivity contribution < 1.29 is 9.18 Å². The molecule has 0 radical (unpaired) electrons. The zero-order valence-electron chi connectivity index (χ0n) is 16.6. The number of hydrogen-bond acceptors (Lipinski definition) is 2. The summed E-state index contributed by atoms with van der Waals surface area (Å²) in [6, 6.07) is 16.4. The third-order valence-corrected chi connectivity index (χ3v) is 5.92. The molecule has 3 aromatic rings. The highest BCUT2D eigenvalue weighted by molar-refractivity contribution is 5.77. The zero-order valence-corrected chi connectivity index (χ0v) is 16.6. The molecule has 4 rings (SSSR count). The Hall–Kier alpha value is -2.95. The van der Waals surface area contributed by atoms with Gasteiger partial charge >= 0.3 is 0 Å². The summed E-state index contributed by atoms with van der Waals surface area (Å²) >= 11 is 0. The fraction of sp³-hybridized carbons (Fsp3) is 0.333. The molecule has 5 heteroatoms. The lowest BCUT2D eigenvalue weighted by Gasteiger charge is -2.21. The van der Waals surface area contributed by atoms with Crippen LogP contribution in [0.1, 0.15) is 42.1 Å². The van der Waals surface area contributed by atoms with Crippen LogP contribution in [-0.2, 0) is 11.3 Å². The summed E-state index contributed by atoms with van der Waals surface area (Å²) in [6.45, 7) is 3.50. The number of aryl methyl sites for hydroxylation is 1. The maximum Gasteiger partial charge on any atom is 0.220 e. The van der Waals surface area contributed by atoms with E-state index in [1.165, 1.54) is 6.07 Å². The molecule has 1 atom stereocenters. The molecule has 1 amide bonds. The summed E-state index contributed by atoms with van der Waals surface area (Å²) in [5.74, 6) is 0.369. The first-order valence-corrected chi connectivity index (χ1v) is 10.1. The average Bonchev–Trinajstić information content (AvgIpc) is 3.39. The highest BCUT2D eigenvalue weighted by Gasteiger charge is 2.43. The fourth-order valence-electron chi connectivity index (χ4n) is 3.89. The van der Waals surface area contributed by atoms with Crippen LogP contribution in [0.3, 0.4) is 0 Å². The molecule has 1 saturated carbocycles. The van der Waals surface area contributed by atoms with Gasteiger partial charge in [0, 0.05) is 43.2 Å². The van der Waals surface area contributed by atoms with E-state index in [-0.39, 0.29) is 29.5 Å². The van der Waals surface area contributed by atoms with E-state index in [2.05, 4.69) is 14.9 Å². The van der Waals surface area contributed by atoms with Crippen LogP contribution in [-0.4, -0.2) is 22.0 Å². The standard InChI is InChI=1S/C24H26FN3O/c1-18-26-13-14-28(18)17-24(11-12-24)16-27-23(29)15-21(19-7-3-2-4-8-19)20-9-5-6-10-22(20)25/h2-10,13-14,21H,11-12,15-17H2,1H3,(H,27,29). The molecule has 1 aliphatic rings. The summed E-state index contributed by atoms with van der Waals surface area (Å²) in [6.07, 6.45) is 6.22. The van der Waals surface area contributed by atoms with Crippen LogP contribution < -0.4 is 5.32 Å². The molecule has 2 aromatic carbocycles. The predicted octanol–water partition coefficient (Wildman–Crippen LogP) is 4.45. The van der Waals surface area contributed by atoms with Gasteiger partial charge in [-0.25, -0.2) is 9.37 Å². The van der Waals surface area contributed by atoms with Gasteiger partial charge in [-0.05, 0) is 37.0 Å². The first-order chi connectivity index (χ1) is 14.1. The average molecular weight is 391 g/mol. The second-order valence-electron chi connectivity index (χ2n) is 8.07. The minimum absolute atomic E-state index is 0.0456. The van der Waals surface area contributed by atoms with E-state index in [0.29, 0.717) is 12.1 Å². The molecule has 1 aromatic heterocycles. The smallest absolute Gasteiger partial charge is 0.220 e.